The Bertz CT molecular complexity index is 611. The molecule has 4 aliphatic heterocycles. The van der Waals surface area contributed by atoms with Crippen LogP contribution in [0.5, 0.6) is 0 Å². The molecular weight excluding hydrogens is 302 g/mol. The Morgan fingerprint density at radius 3 is 2.39 bits per heavy atom. The maximum absolute atomic E-state index is 13.6. The average molecular weight is 322 g/mol. The zero-order chi connectivity index (χ0) is 16.1. The normalized spacial score (nSPS) is 36.2. The molecule has 0 aromatic heterocycles. The molecule has 4 fully saturated rings. The lowest BCUT2D eigenvalue weighted by molar-refractivity contribution is -0.139. The number of hydrogen-bond acceptors (Lipinski definition) is 3. The second kappa shape index (κ2) is 5.53. The fraction of sp³-hybridized carbons (Fsp3) is 0.588. The van der Waals surface area contributed by atoms with E-state index in [1.165, 1.54) is 12.1 Å². The number of benzene rings is 1. The van der Waals surface area contributed by atoms with Crippen LogP contribution in [0.1, 0.15) is 24.3 Å². The first kappa shape index (κ1) is 15.0. The number of carboxylic acids is 1. The molecule has 3 atom stereocenters. The first-order valence-electron chi connectivity index (χ1n) is 8.19. The molecule has 4 saturated heterocycles. The standard InChI is InChI=1S/C17H20F2N2O2/c18-12-5-11(6-13(19)7-12)14-8-21(9-15(22)23)16-10-1-3-20(4-2-10)17(14)16/h5-7,10,14,16-17H,1-4,8-9H2,(H,22,23)/t14-,16-,17-/m1/s1. The lowest BCUT2D eigenvalue weighted by Crippen LogP contribution is -2.60. The van der Waals surface area contributed by atoms with Crippen LogP contribution in [0.3, 0.4) is 0 Å². The number of rotatable bonds is 3. The van der Waals surface area contributed by atoms with Crippen molar-refractivity contribution >= 4 is 5.97 Å². The zero-order valence-electron chi connectivity index (χ0n) is 12.8. The van der Waals surface area contributed by atoms with Gasteiger partial charge < -0.3 is 5.11 Å². The smallest absolute Gasteiger partial charge is 0.317 e. The molecular formula is C17H20F2N2O2. The van der Waals surface area contributed by atoms with E-state index in [1.54, 1.807) is 0 Å². The van der Waals surface area contributed by atoms with Crippen LogP contribution in [0.4, 0.5) is 8.78 Å². The van der Waals surface area contributed by atoms with Gasteiger partial charge in [-0.1, -0.05) is 0 Å². The highest BCUT2D eigenvalue weighted by Gasteiger charge is 2.53. The molecule has 1 aromatic carbocycles. The molecule has 0 saturated carbocycles. The summed E-state index contributed by atoms with van der Waals surface area (Å²) < 4.78 is 27.3. The van der Waals surface area contributed by atoms with Crippen molar-refractivity contribution < 1.29 is 18.7 Å². The molecule has 5 rings (SSSR count). The Kier molecular flexibility index (Phi) is 3.61. The van der Waals surface area contributed by atoms with Gasteiger partial charge in [-0.3, -0.25) is 14.6 Å². The van der Waals surface area contributed by atoms with Gasteiger partial charge in [0.05, 0.1) is 6.54 Å². The van der Waals surface area contributed by atoms with E-state index in [4.69, 9.17) is 0 Å². The van der Waals surface area contributed by atoms with Gasteiger partial charge in [0.2, 0.25) is 0 Å². The Morgan fingerprint density at radius 1 is 1.13 bits per heavy atom. The summed E-state index contributed by atoms with van der Waals surface area (Å²) in [7, 11) is 0. The van der Waals surface area contributed by atoms with Crippen molar-refractivity contribution in [1.82, 2.24) is 9.80 Å². The largest absolute Gasteiger partial charge is 0.480 e. The molecule has 4 nitrogen and oxygen atoms in total. The molecule has 6 heteroatoms. The highest BCUT2D eigenvalue weighted by atomic mass is 19.1. The van der Waals surface area contributed by atoms with E-state index < -0.39 is 17.6 Å². The summed E-state index contributed by atoms with van der Waals surface area (Å²) >= 11 is 0. The van der Waals surface area contributed by atoms with E-state index in [9.17, 15) is 18.7 Å². The lowest BCUT2D eigenvalue weighted by Gasteiger charge is -2.51. The molecule has 4 heterocycles. The number of piperidine rings is 3. The lowest BCUT2D eigenvalue weighted by atomic mass is 9.75. The minimum atomic E-state index is -0.841. The molecule has 23 heavy (non-hydrogen) atoms. The van der Waals surface area contributed by atoms with Gasteiger partial charge in [0, 0.05) is 30.6 Å². The van der Waals surface area contributed by atoms with E-state index in [2.05, 4.69) is 4.90 Å². The molecule has 4 aliphatic rings. The van der Waals surface area contributed by atoms with Gasteiger partial charge in [0.15, 0.2) is 0 Å². The molecule has 0 amide bonds. The number of hydrogen-bond donors (Lipinski definition) is 1. The Labute approximate surface area is 133 Å². The van der Waals surface area contributed by atoms with Crippen molar-refractivity contribution in [2.75, 3.05) is 26.2 Å². The van der Waals surface area contributed by atoms with Crippen molar-refractivity contribution in [3.05, 3.63) is 35.4 Å². The van der Waals surface area contributed by atoms with Crippen LogP contribution in [0.15, 0.2) is 18.2 Å². The SMILES string of the molecule is O=C(O)CN1C[C@H](c2cc(F)cc(F)c2)[C@@H]2[C@H]1C1CCN2CC1. The molecule has 0 radical (unpaired) electrons. The van der Waals surface area contributed by atoms with Crippen molar-refractivity contribution in [3.8, 4) is 0 Å². The van der Waals surface area contributed by atoms with Crippen LogP contribution in [-0.2, 0) is 4.79 Å². The van der Waals surface area contributed by atoms with Gasteiger partial charge in [0.1, 0.15) is 11.6 Å². The van der Waals surface area contributed by atoms with E-state index in [-0.39, 0.29) is 24.5 Å². The minimum absolute atomic E-state index is 0.000194. The summed E-state index contributed by atoms with van der Waals surface area (Å²) in [5.74, 6) is -1.51. The highest BCUT2D eigenvalue weighted by Crippen LogP contribution is 2.46. The number of carbonyl (C=O) groups is 1. The summed E-state index contributed by atoms with van der Waals surface area (Å²) in [6, 6.07) is 4.04. The van der Waals surface area contributed by atoms with Crippen LogP contribution in [-0.4, -0.2) is 59.1 Å². The van der Waals surface area contributed by atoms with Crippen molar-refractivity contribution in [3.63, 3.8) is 0 Å². The van der Waals surface area contributed by atoms with Gasteiger partial charge in [-0.25, -0.2) is 8.78 Å². The summed E-state index contributed by atoms with van der Waals surface area (Å²) in [5, 5.41) is 9.20. The fourth-order valence-corrected chi connectivity index (χ4v) is 4.98. The van der Waals surface area contributed by atoms with Gasteiger partial charge in [-0.15, -0.1) is 0 Å². The Balaban J connectivity index is 1.70. The van der Waals surface area contributed by atoms with Crippen LogP contribution >= 0.6 is 0 Å². The number of carboxylic acid groups (broad SMARTS) is 1. The molecule has 2 bridgehead atoms. The van der Waals surface area contributed by atoms with E-state index in [0.717, 1.165) is 32.0 Å². The first-order valence-corrected chi connectivity index (χ1v) is 8.19. The molecule has 0 aliphatic carbocycles. The van der Waals surface area contributed by atoms with Gasteiger partial charge >= 0.3 is 5.97 Å². The summed E-state index contributed by atoms with van der Waals surface area (Å²) in [5.41, 5.74) is 0.651. The van der Waals surface area contributed by atoms with Crippen molar-refractivity contribution in [1.29, 1.82) is 0 Å². The van der Waals surface area contributed by atoms with Gasteiger partial charge in [-0.2, -0.15) is 0 Å². The fourth-order valence-electron chi connectivity index (χ4n) is 4.98. The summed E-state index contributed by atoms with van der Waals surface area (Å²) in [4.78, 5) is 15.6. The van der Waals surface area contributed by atoms with E-state index in [0.29, 0.717) is 18.0 Å². The molecule has 1 aromatic rings. The maximum Gasteiger partial charge on any atom is 0.317 e. The maximum atomic E-state index is 13.6. The average Bonchev–Trinajstić information content (AvgIpc) is 2.88. The quantitative estimate of drug-likeness (QED) is 0.923. The third-order valence-corrected chi connectivity index (χ3v) is 5.75. The number of aliphatic carboxylic acids is 1. The van der Waals surface area contributed by atoms with Crippen molar-refractivity contribution in [2.24, 2.45) is 5.92 Å². The second-order valence-corrected chi connectivity index (χ2v) is 6.99. The molecule has 1 N–H and O–H groups in total. The minimum Gasteiger partial charge on any atom is -0.480 e. The predicted molar refractivity (Wildman–Crippen MR) is 80.2 cm³/mol. The summed E-state index contributed by atoms with van der Waals surface area (Å²) in [6.45, 7) is 2.55. The van der Waals surface area contributed by atoms with Crippen LogP contribution < -0.4 is 0 Å². The van der Waals surface area contributed by atoms with E-state index >= 15 is 0 Å². The predicted octanol–water partition coefficient (Wildman–Crippen LogP) is 1.91. The van der Waals surface area contributed by atoms with Gasteiger partial charge in [-0.05, 0) is 49.5 Å². The number of halogens is 2. The van der Waals surface area contributed by atoms with Gasteiger partial charge in [0.25, 0.3) is 0 Å². The topological polar surface area (TPSA) is 43.8 Å². The molecule has 0 spiro atoms. The van der Waals surface area contributed by atoms with Crippen LogP contribution in [0.25, 0.3) is 0 Å². The number of likely N-dealkylation sites (tertiary alicyclic amines) is 1. The van der Waals surface area contributed by atoms with Crippen LogP contribution in [0.2, 0.25) is 0 Å². The monoisotopic (exact) mass is 322 g/mol. The Morgan fingerprint density at radius 2 is 1.78 bits per heavy atom. The molecule has 124 valence electrons. The second-order valence-electron chi connectivity index (χ2n) is 6.99. The van der Waals surface area contributed by atoms with Crippen molar-refractivity contribution in [2.45, 2.75) is 30.8 Å². The number of fused-ring (bicyclic) bond motifs is 2. The first-order chi connectivity index (χ1) is 11.0. The highest BCUT2D eigenvalue weighted by molar-refractivity contribution is 5.69. The van der Waals surface area contributed by atoms with E-state index in [1.807, 2.05) is 4.90 Å². The zero-order valence-corrected chi connectivity index (χ0v) is 12.8. The molecule has 0 unspecified atom stereocenters. The van der Waals surface area contributed by atoms with Crippen LogP contribution in [0, 0.1) is 17.6 Å². The third-order valence-electron chi connectivity index (χ3n) is 5.75. The summed E-state index contributed by atoms with van der Waals surface area (Å²) in [6.07, 6.45) is 2.17. The number of nitrogens with zero attached hydrogens (tertiary/aromatic N) is 2. The Hall–Kier alpha value is -1.53. The third kappa shape index (κ3) is 2.54.